The average molecular weight is 390 g/mol. The molecule has 27 heavy (non-hydrogen) atoms. The molecule has 146 valence electrons. The van der Waals surface area contributed by atoms with Crippen molar-refractivity contribution < 1.29 is 4.39 Å². The molecule has 2 rings (SSSR count). The van der Waals surface area contributed by atoms with Crippen molar-refractivity contribution in [3.05, 3.63) is 89.5 Å². The first-order valence-corrected chi connectivity index (χ1v) is 9.17. The van der Waals surface area contributed by atoms with Gasteiger partial charge in [0, 0.05) is 23.8 Å². The van der Waals surface area contributed by atoms with E-state index in [1.807, 2.05) is 45.3 Å². The van der Waals surface area contributed by atoms with Crippen molar-refractivity contribution in [2.24, 2.45) is 5.73 Å². The second-order valence-corrected chi connectivity index (χ2v) is 6.58. The SMILES string of the molecule is C=C(C(C)NC)N(C)c1cc(CCc2ccccc2)c(Cl)cc1F.C=CN. The van der Waals surface area contributed by atoms with Crippen molar-refractivity contribution in [3.8, 4) is 0 Å². The Hall–Kier alpha value is -2.30. The minimum Gasteiger partial charge on any atom is -0.405 e. The van der Waals surface area contributed by atoms with E-state index >= 15 is 0 Å². The summed E-state index contributed by atoms with van der Waals surface area (Å²) in [5.41, 5.74) is 8.08. The number of anilines is 1. The maximum absolute atomic E-state index is 14.4. The molecule has 3 nitrogen and oxygen atoms in total. The molecule has 0 fully saturated rings. The van der Waals surface area contributed by atoms with E-state index in [0.717, 1.165) is 24.1 Å². The molecule has 0 amide bonds. The van der Waals surface area contributed by atoms with E-state index in [4.69, 9.17) is 11.6 Å². The fraction of sp³-hybridized carbons (Fsp3) is 0.273. The Morgan fingerprint density at radius 1 is 1.30 bits per heavy atom. The highest BCUT2D eigenvalue weighted by Gasteiger charge is 2.17. The highest BCUT2D eigenvalue weighted by Crippen LogP contribution is 2.29. The summed E-state index contributed by atoms with van der Waals surface area (Å²) in [6, 6.07) is 13.5. The second kappa shape index (κ2) is 11.4. The van der Waals surface area contributed by atoms with Crippen LogP contribution in [0, 0.1) is 5.82 Å². The zero-order valence-corrected chi connectivity index (χ0v) is 17.1. The number of nitrogens with two attached hydrogens (primary N) is 1. The van der Waals surface area contributed by atoms with Crippen LogP contribution < -0.4 is 16.0 Å². The van der Waals surface area contributed by atoms with Gasteiger partial charge in [0.1, 0.15) is 5.82 Å². The number of benzene rings is 2. The Labute approximate surface area is 167 Å². The molecular formula is C22H29ClFN3. The van der Waals surface area contributed by atoms with Crippen LogP contribution in [0.15, 0.2) is 67.5 Å². The summed E-state index contributed by atoms with van der Waals surface area (Å²) in [4.78, 5) is 1.78. The highest BCUT2D eigenvalue weighted by molar-refractivity contribution is 6.31. The van der Waals surface area contributed by atoms with Gasteiger partial charge >= 0.3 is 0 Å². The van der Waals surface area contributed by atoms with Crippen LogP contribution in [0.3, 0.4) is 0 Å². The van der Waals surface area contributed by atoms with Gasteiger partial charge in [0.25, 0.3) is 0 Å². The number of aryl methyl sites for hydroxylation is 2. The predicted molar refractivity (Wildman–Crippen MR) is 116 cm³/mol. The maximum Gasteiger partial charge on any atom is 0.148 e. The number of likely N-dealkylation sites (N-methyl/N-ethyl adjacent to an activating group) is 2. The van der Waals surface area contributed by atoms with Gasteiger partial charge in [0.2, 0.25) is 0 Å². The highest BCUT2D eigenvalue weighted by atomic mass is 35.5. The molecule has 3 N–H and O–H groups in total. The summed E-state index contributed by atoms with van der Waals surface area (Å²) in [5, 5.41) is 3.58. The lowest BCUT2D eigenvalue weighted by molar-refractivity contribution is 0.618. The summed E-state index contributed by atoms with van der Waals surface area (Å²) >= 11 is 6.25. The van der Waals surface area contributed by atoms with Crippen LogP contribution in [-0.2, 0) is 12.8 Å². The van der Waals surface area contributed by atoms with Gasteiger partial charge in [-0.2, -0.15) is 0 Å². The quantitative estimate of drug-likeness (QED) is 0.706. The summed E-state index contributed by atoms with van der Waals surface area (Å²) in [7, 11) is 3.68. The van der Waals surface area contributed by atoms with Crippen LogP contribution in [0.5, 0.6) is 0 Å². The van der Waals surface area contributed by atoms with Crippen LogP contribution in [0.2, 0.25) is 5.02 Å². The monoisotopic (exact) mass is 389 g/mol. The first-order chi connectivity index (χ1) is 12.8. The molecule has 0 saturated heterocycles. The molecule has 5 heteroatoms. The number of nitrogens with one attached hydrogen (secondary N) is 1. The first-order valence-electron chi connectivity index (χ1n) is 8.79. The van der Waals surface area contributed by atoms with E-state index in [1.165, 1.54) is 17.8 Å². The fourth-order valence-electron chi connectivity index (χ4n) is 2.56. The van der Waals surface area contributed by atoms with Crippen molar-refractivity contribution in [2.45, 2.75) is 25.8 Å². The van der Waals surface area contributed by atoms with Gasteiger partial charge in [-0.25, -0.2) is 4.39 Å². The summed E-state index contributed by atoms with van der Waals surface area (Å²) in [6.45, 7) is 9.18. The molecular weight excluding hydrogens is 361 g/mol. The van der Waals surface area contributed by atoms with Gasteiger partial charge in [0.15, 0.2) is 0 Å². The number of halogens is 2. The third-order valence-electron chi connectivity index (χ3n) is 4.37. The van der Waals surface area contributed by atoms with Gasteiger partial charge in [-0.15, -0.1) is 0 Å². The van der Waals surface area contributed by atoms with E-state index in [-0.39, 0.29) is 11.9 Å². The standard InChI is InChI=1S/C20H24ClFN2.C2H5N/c1-14(23-3)15(2)24(4)20-12-17(18(21)13-19(20)22)11-10-16-8-6-5-7-9-16;1-2-3/h5-9,12-14,23H,2,10-11H2,1,3-4H3;2H,1,3H2. The lowest BCUT2D eigenvalue weighted by atomic mass is 10.0. The average Bonchev–Trinajstić information content (AvgIpc) is 2.67. The van der Waals surface area contributed by atoms with Crippen molar-refractivity contribution in [2.75, 3.05) is 19.0 Å². The molecule has 0 spiro atoms. The third-order valence-corrected chi connectivity index (χ3v) is 4.72. The molecule has 1 unspecified atom stereocenters. The lowest BCUT2D eigenvalue weighted by Gasteiger charge is -2.27. The Morgan fingerprint density at radius 2 is 1.89 bits per heavy atom. The molecule has 1 atom stereocenters. The molecule has 0 aliphatic heterocycles. The van der Waals surface area contributed by atoms with Gasteiger partial charge in [-0.3, -0.25) is 0 Å². The van der Waals surface area contributed by atoms with Gasteiger partial charge in [-0.05, 0) is 56.3 Å². The molecule has 0 bridgehead atoms. The summed E-state index contributed by atoms with van der Waals surface area (Å²) in [5.74, 6) is -0.338. The topological polar surface area (TPSA) is 41.3 Å². The van der Waals surface area contributed by atoms with E-state index in [1.54, 1.807) is 4.90 Å². The number of hydrogen-bond acceptors (Lipinski definition) is 3. The zero-order valence-electron chi connectivity index (χ0n) is 16.3. The number of nitrogens with zero attached hydrogens (tertiary/aromatic N) is 1. The summed E-state index contributed by atoms with van der Waals surface area (Å²) < 4.78 is 14.4. The molecule has 2 aromatic carbocycles. The van der Waals surface area contributed by atoms with Crippen LogP contribution in [-0.4, -0.2) is 20.1 Å². The molecule has 0 aliphatic rings. The molecule has 0 heterocycles. The first kappa shape index (κ1) is 22.7. The minimum atomic E-state index is -0.338. The zero-order chi connectivity index (χ0) is 20.4. The molecule has 2 aromatic rings. The fourth-order valence-corrected chi connectivity index (χ4v) is 2.81. The van der Waals surface area contributed by atoms with E-state index < -0.39 is 0 Å². The molecule has 0 aromatic heterocycles. The largest absolute Gasteiger partial charge is 0.405 e. The Balaban J connectivity index is 0.00000114. The predicted octanol–water partition coefficient (Wildman–Crippen LogP) is 4.91. The van der Waals surface area contributed by atoms with Crippen molar-refractivity contribution >= 4 is 17.3 Å². The van der Waals surface area contributed by atoms with Crippen molar-refractivity contribution in [1.29, 1.82) is 0 Å². The van der Waals surface area contributed by atoms with E-state index in [2.05, 4.69) is 36.3 Å². The smallest absolute Gasteiger partial charge is 0.148 e. The van der Waals surface area contributed by atoms with Gasteiger partial charge in [-0.1, -0.05) is 55.1 Å². The summed E-state index contributed by atoms with van der Waals surface area (Å²) in [6.07, 6.45) is 2.88. The van der Waals surface area contributed by atoms with Crippen molar-refractivity contribution in [3.63, 3.8) is 0 Å². The Kier molecular flexibility index (Phi) is 9.62. The normalized spacial score (nSPS) is 11.1. The Bertz CT molecular complexity index is 747. The van der Waals surface area contributed by atoms with Gasteiger partial charge < -0.3 is 16.0 Å². The second-order valence-electron chi connectivity index (χ2n) is 6.18. The van der Waals surface area contributed by atoms with E-state index in [9.17, 15) is 4.39 Å². The minimum absolute atomic E-state index is 0.0536. The van der Waals surface area contributed by atoms with Crippen LogP contribution in [0.4, 0.5) is 10.1 Å². The maximum atomic E-state index is 14.4. The third kappa shape index (κ3) is 6.74. The number of rotatable bonds is 7. The van der Waals surface area contributed by atoms with E-state index in [0.29, 0.717) is 10.7 Å². The lowest BCUT2D eigenvalue weighted by Crippen LogP contribution is -2.32. The van der Waals surface area contributed by atoms with Crippen molar-refractivity contribution in [1.82, 2.24) is 5.32 Å². The van der Waals surface area contributed by atoms with Crippen LogP contribution in [0.1, 0.15) is 18.1 Å². The molecule has 0 radical (unpaired) electrons. The number of hydrogen-bond donors (Lipinski definition) is 2. The Morgan fingerprint density at radius 3 is 2.44 bits per heavy atom. The van der Waals surface area contributed by atoms with Crippen LogP contribution in [0.25, 0.3) is 0 Å². The molecule has 0 aliphatic carbocycles. The van der Waals surface area contributed by atoms with Gasteiger partial charge in [0.05, 0.1) is 5.69 Å². The molecule has 0 saturated carbocycles. The van der Waals surface area contributed by atoms with Crippen LogP contribution >= 0.6 is 11.6 Å².